The Bertz CT molecular complexity index is 1670. The molecular formula is C41H49N5O2. The summed E-state index contributed by atoms with van der Waals surface area (Å²) >= 11 is 0. The van der Waals surface area contributed by atoms with Gasteiger partial charge >= 0.3 is 11.8 Å². The van der Waals surface area contributed by atoms with E-state index in [4.69, 9.17) is 0 Å². The second-order valence-electron chi connectivity index (χ2n) is 16.5. The van der Waals surface area contributed by atoms with Crippen LogP contribution in [0, 0.1) is 45.4 Å². The van der Waals surface area contributed by atoms with E-state index in [1.54, 1.807) is 0 Å². The molecule has 5 heterocycles. The van der Waals surface area contributed by atoms with Crippen LogP contribution in [-0.4, -0.2) is 56.7 Å². The molecule has 7 heteroatoms. The first-order valence-corrected chi connectivity index (χ1v) is 18.9. The van der Waals surface area contributed by atoms with Crippen LogP contribution >= 0.6 is 0 Å². The molecule has 6 unspecified atom stereocenters. The summed E-state index contributed by atoms with van der Waals surface area (Å²) in [5.41, 5.74) is 10.5. The van der Waals surface area contributed by atoms with Crippen LogP contribution in [0.2, 0.25) is 0 Å². The Kier molecular flexibility index (Phi) is 6.17. The Morgan fingerprint density at radius 3 is 1.33 bits per heavy atom. The fraction of sp³-hybridized carbons (Fsp3) is 0.561. The maximum absolute atomic E-state index is 14.9. The number of carbonyl (C=O) groups excluding carboxylic acids is 2. The van der Waals surface area contributed by atoms with Crippen molar-refractivity contribution in [3.8, 4) is 0 Å². The van der Waals surface area contributed by atoms with E-state index in [2.05, 4.69) is 95.5 Å². The molecule has 0 aromatic heterocycles. The summed E-state index contributed by atoms with van der Waals surface area (Å²) < 4.78 is 0. The summed E-state index contributed by atoms with van der Waals surface area (Å²) in [6.07, 6.45) is 10.8. The van der Waals surface area contributed by atoms with Gasteiger partial charge < -0.3 is 14.7 Å². The lowest BCUT2D eigenvalue weighted by atomic mass is 9.72. The molecule has 0 bridgehead atoms. The number of fused-ring (bicyclic) bond motifs is 6. The van der Waals surface area contributed by atoms with E-state index in [1.165, 1.54) is 57.9 Å². The molecule has 7 nitrogen and oxygen atoms in total. The molecular weight excluding hydrogens is 594 g/mol. The van der Waals surface area contributed by atoms with E-state index >= 15 is 0 Å². The van der Waals surface area contributed by atoms with Gasteiger partial charge in [0.15, 0.2) is 0 Å². The highest BCUT2D eigenvalue weighted by atomic mass is 16.2. The smallest absolute Gasteiger partial charge is 0.318 e. The van der Waals surface area contributed by atoms with Crippen molar-refractivity contribution in [1.82, 2.24) is 14.7 Å². The quantitative estimate of drug-likeness (QED) is 0.323. The van der Waals surface area contributed by atoms with Gasteiger partial charge in [0.05, 0.1) is 29.5 Å². The molecule has 0 N–H and O–H groups in total. The molecule has 0 spiro atoms. The number of amides is 2. The third kappa shape index (κ3) is 3.55. The van der Waals surface area contributed by atoms with Crippen molar-refractivity contribution < 1.29 is 9.59 Å². The van der Waals surface area contributed by atoms with Gasteiger partial charge in [0.25, 0.3) is 0 Å². The monoisotopic (exact) mass is 643 g/mol. The largest absolute Gasteiger partial charge is 0.336 e. The molecule has 5 aliphatic heterocycles. The molecule has 1 saturated heterocycles. The zero-order valence-corrected chi connectivity index (χ0v) is 29.2. The molecule has 6 atom stereocenters. The SMILES string of the molecule is Cc1cccc(C)c1N1C2=C3N(C(=O)C(=O)N4C5=C(C6CCCCC64)N(c4c(C)cccc4C)C4CC(C)CC1C4N35)C1CCCCC21. The Hall–Kier alpha value is -3.74. The zero-order valence-electron chi connectivity index (χ0n) is 29.2. The maximum Gasteiger partial charge on any atom is 0.318 e. The standard InChI is InChI=1S/C41H49N5O2/c1-22-20-31-37-32(21-22)43(34-25(4)14-11-15-26(34)5)36-28-17-7-9-19-30(28)45-39(36)46(37)38-35(42(31)33-23(2)12-10-13-24(33)3)27-16-6-8-18-29(27)44(38)40(47)41(45)48/h10-15,22,27-32,37H,6-9,16-21H2,1-5H3. The summed E-state index contributed by atoms with van der Waals surface area (Å²) in [4.78, 5) is 42.1. The normalized spacial score (nSPS) is 34.9. The molecule has 10 rings (SSSR count). The highest BCUT2D eigenvalue weighted by Gasteiger charge is 2.67. The van der Waals surface area contributed by atoms with Gasteiger partial charge in [-0.2, -0.15) is 0 Å². The number of carbonyl (C=O) groups is 2. The van der Waals surface area contributed by atoms with Crippen LogP contribution in [0.3, 0.4) is 0 Å². The summed E-state index contributed by atoms with van der Waals surface area (Å²) in [5.74, 6) is 2.57. The predicted molar refractivity (Wildman–Crippen MR) is 188 cm³/mol. The van der Waals surface area contributed by atoms with Gasteiger partial charge in [-0.25, -0.2) is 0 Å². The van der Waals surface area contributed by atoms with E-state index in [0.717, 1.165) is 63.0 Å². The number of hydrogen-bond acceptors (Lipinski definition) is 5. The Morgan fingerprint density at radius 1 is 0.521 bits per heavy atom. The zero-order chi connectivity index (χ0) is 32.7. The highest BCUT2D eigenvalue weighted by molar-refractivity contribution is 6.36. The van der Waals surface area contributed by atoms with Gasteiger partial charge in [0.2, 0.25) is 0 Å². The first-order valence-electron chi connectivity index (χ1n) is 18.9. The fourth-order valence-corrected chi connectivity index (χ4v) is 12.1. The van der Waals surface area contributed by atoms with Crippen molar-refractivity contribution >= 4 is 23.2 Å². The van der Waals surface area contributed by atoms with Gasteiger partial charge in [-0.1, -0.05) is 69.0 Å². The second kappa shape index (κ2) is 10.1. The van der Waals surface area contributed by atoms with Gasteiger partial charge in [-0.05, 0) is 94.4 Å². The Balaban J connectivity index is 1.34. The number of para-hydroxylation sites is 2. The minimum Gasteiger partial charge on any atom is -0.336 e. The van der Waals surface area contributed by atoms with E-state index in [0.29, 0.717) is 5.92 Å². The lowest BCUT2D eigenvalue weighted by Gasteiger charge is -2.61. The Morgan fingerprint density at radius 2 is 0.917 bits per heavy atom. The van der Waals surface area contributed by atoms with E-state index < -0.39 is 0 Å². The first kappa shape index (κ1) is 29.2. The third-order valence-corrected chi connectivity index (χ3v) is 13.7. The molecule has 2 aromatic rings. The number of benzene rings is 2. The van der Waals surface area contributed by atoms with Crippen molar-refractivity contribution in [3.05, 3.63) is 81.7 Å². The van der Waals surface area contributed by atoms with Crippen LogP contribution in [-0.2, 0) is 9.59 Å². The van der Waals surface area contributed by atoms with Crippen molar-refractivity contribution in [2.24, 2.45) is 17.8 Å². The fourth-order valence-electron chi connectivity index (χ4n) is 12.1. The topological polar surface area (TPSA) is 50.3 Å². The lowest BCUT2D eigenvalue weighted by Crippen LogP contribution is -2.70. The number of aryl methyl sites for hydroxylation is 4. The first-order chi connectivity index (χ1) is 23.3. The average molecular weight is 644 g/mol. The molecule has 2 aromatic carbocycles. The van der Waals surface area contributed by atoms with Crippen LogP contribution in [0.5, 0.6) is 0 Å². The molecule has 3 saturated carbocycles. The van der Waals surface area contributed by atoms with Crippen LogP contribution < -0.4 is 9.80 Å². The molecule has 3 aliphatic carbocycles. The van der Waals surface area contributed by atoms with Crippen molar-refractivity contribution in [2.45, 2.75) is 129 Å². The molecule has 48 heavy (non-hydrogen) atoms. The highest BCUT2D eigenvalue weighted by Crippen LogP contribution is 2.61. The van der Waals surface area contributed by atoms with Crippen LogP contribution in [0.15, 0.2) is 59.4 Å². The van der Waals surface area contributed by atoms with Crippen molar-refractivity contribution in [3.63, 3.8) is 0 Å². The molecule has 4 fully saturated rings. The van der Waals surface area contributed by atoms with Crippen LogP contribution in [0.25, 0.3) is 0 Å². The molecule has 2 amide bonds. The van der Waals surface area contributed by atoms with Crippen molar-refractivity contribution in [1.29, 1.82) is 0 Å². The maximum atomic E-state index is 14.9. The van der Waals surface area contributed by atoms with Crippen LogP contribution in [0.1, 0.15) is 93.4 Å². The molecule has 0 radical (unpaired) electrons. The summed E-state index contributed by atoms with van der Waals surface area (Å²) in [6, 6.07) is 14.1. The minimum absolute atomic E-state index is 0.0472. The molecule has 8 aliphatic rings. The number of anilines is 2. The van der Waals surface area contributed by atoms with Crippen LogP contribution in [0.4, 0.5) is 11.4 Å². The Labute approximate surface area is 285 Å². The summed E-state index contributed by atoms with van der Waals surface area (Å²) in [5, 5.41) is 0. The number of rotatable bonds is 2. The van der Waals surface area contributed by atoms with E-state index in [-0.39, 0.29) is 53.9 Å². The van der Waals surface area contributed by atoms with E-state index in [9.17, 15) is 9.59 Å². The lowest BCUT2D eigenvalue weighted by molar-refractivity contribution is -0.151. The van der Waals surface area contributed by atoms with Crippen molar-refractivity contribution in [2.75, 3.05) is 9.80 Å². The minimum atomic E-state index is -0.288. The number of hydrogen-bond donors (Lipinski definition) is 0. The summed E-state index contributed by atoms with van der Waals surface area (Å²) in [6.45, 7) is 11.5. The predicted octanol–water partition coefficient (Wildman–Crippen LogP) is 7.25. The number of nitrogens with zero attached hydrogens (tertiary/aromatic N) is 5. The second-order valence-corrected chi connectivity index (χ2v) is 16.5. The molecule has 250 valence electrons. The average Bonchev–Trinajstić information content (AvgIpc) is 3.56. The van der Waals surface area contributed by atoms with Gasteiger partial charge in [0, 0.05) is 35.3 Å². The van der Waals surface area contributed by atoms with E-state index in [1.807, 2.05) is 0 Å². The van der Waals surface area contributed by atoms with Gasteiger partial charge in [-0.3, -0.25) is 19.4 Å². The summed E-state index contributed by atoms with van der Waals surface area (Å²) in [7, 11) is 0. The van der Waals surface area contributed by atoms with Gasteiger partial charge in [-0.15, -0.1) is 0 Å². The third-order valence-electron chi connectivity index (χ3n) is 13.7. The van der Waals surface area contributed by atoms with Gasteiger partial charge in [0.1, 0.15) is 11.6 Å².